The van der Waals surface area contributed by atoms with Crippen LogP contribution < -0.4 is 11.5 Å². The smallest absolute Gasteiger partial charge is 0.150 e. The van der Waals surface area contributed by atoms with Gasteiger partial charge in [0.2, 0.25) is 0 Å². The Bertz CT molecular complexity index is 752. The molecule has 0 radical (unpaired) electrons. The van der Waals surface area contributed by atoms with E-state index in [1.54, 1.807) is 16.9 Å². The van der Waals surface area contributed by atoms with Gasteiger partial charge < -0.3 is 11.5 Å². The molecule has 3 aromatic rings. The summed E-state index contributed by atoms with van der Waals surface area (Å²) < 4.78 is 26.7. The lowest BCUT2D eigenvalue weighted by Gasteiger charge is -2.03. The van der Waals surface area contributed by atoms with Gasteiger partial charge in [-0.25, -0.2) is 13.5 Å². The zero-order valence-electron chi connectivity index (χ0n) is 12.1. The maximum atomic E-state index is 12.4. The van der Waals surface area contributed by atoms with Gasteiger partial charge in [-0.3, -0.25) is 0 Å². The van der Waals surface area contributed by atoms with Crippen LogP contribution in [0, 0.1) is 11.6 Å². The predicted molar refractivity (Wildman–Crippen MR) is 90.7 cm³/mol. The summed E-state index contributed by atoms with van der Waals surface area (Å²) in [5.41, 5.74) is 12.0. The number of nitrogen functional groups attached to an aromatic ring is 2. The molecule has 120 valence electrons. The minimum Gasteiger partial charge on any atom is -0.395 e. The van der Waals surface area contributed by atoms with Gasteiger partial charge in [0.15, 0.2) is 0 Å². The SMILES string of the molecule is Nc1c(F)cc(F)cc1Br.Nc1ccnn1Cc1ccccc1. The van der Waals surface area contributed by atoms with Crippen molar-refractivity contribution in [3.63, 3.8) is 0 Å². The van der Waals surface area contributed by atoms with Gasteiger partial charge in [0.25, 0.3) is 0 Å². The molecule has 3 rings (SSSR count). The van der Waals surface area contributed by atoms with Crippen LogP contribution in [0.5, 0.6) is 0 Å². The molecule has 7 heteroatoms. The Labute approximate surface area is 140 Å². The van der Waals surface area contributed by atoms with Crippen LogP contribution in [0.4, 0.5) is 20.3 Å². The molecule has 0 spiro atoms. The molecular formula is C16H15BrF2N4. The molecule has 4 nitrogen and oxygen atoms in total. The number of halogens is 3. The summed E-state index contributed by atoms with van der Waals surface area (Å²) in [6.45, 7) is 0.736. The van der Waals surface area contributed by atoms with E-state index in [-0.39, 0.29) is 10.2 Å². The lowest BCUT2D eigenvalue weighted by atomic mass is 10.2. The van der Waals surface area contributed by atoms with Crippen molar-refractivity contribution < 1.29 is 8.78 Å². The van der Waals surface area contributed by atoms with Gasteiger partial charge in [0, 0.05) is 10.5 Å². The molecule has 0 saturated carbocycles. The van der Waals surface area contributed by atoms with Gasteiger partial charge in [-0.15, -0.1) is 0 Å². The zero-order chi connectivity index (χ0) is 16.8. The third-order valence-electron chi connectivity index (χ3n) is 2.97. The fraction of sp³-hybridized carbons (Fsp3) is 0.0625. The molecule has 23 heavy (non-hydrogen) atoms. The van der Waals surface area contributed by atoms with Crippen molar-refractivity contribution >= 4 is 27.4 Å². The van der Waals surface area contributed by atoms with Crippen molar-refractivity contribution in [1.82, 2.24) is 9.78 Å². The number of nitrogens with zero attached hydrogens (tertiary/aromatic N) is 2. The maximum absolute atomic E-state index is 12.4. The van der Waals surface area contributed by atoms with E-state index in [1.807, 2.05) is 18.2 Å². The van der Waals surface area contributed by atoms with Crippen LogP contribution in [-0.4, -0.2) is 9.78 Å². The molecule has 2 aromatic carbocycles. The topological polar surface area (TPSA) is 69.9 Å². The molecule has 0 saturated heterocycles. The second kappa shape index (κ2) is 7.73. The van der Waals surface area contributed by atoms with Crippen molar-refractivity contribution in [3.05, 3.63) is 76.4 Å². The minimum atomic E-state index is -0.744. The van der Waals surface area contributed by atoms with Crippen molar-refractivity contribution in [2.24, 2.45) is 0 Å². The molecule has 0 atom stereocenters. The Kier molecular flexibility index (Phi) is 5.70. The van der Waals surface area contributed by atoms with Crippen LogP contribution in [0.1, 0.15) is 5.56 Å². The summed E-state index contributed by atoms with van der Waals surface area (Å²) in [5.74, 6) is -0.686. The highest BCUT2D eigenvalue weighted by atomic mass is 79.9. The first-order valence-electron chi connectivity index (χ1n) is 6.68. The number of hydrogen-bond donors (Lipinski definition) is 2. The Morgan fingerprint density at radius 1 is 1.04 bits per heavy atom. The summed E-state index contributed by atoms with van der Waals surface area (Å²) in [4.78, 5) is 0. The van der Waals surface area contributed by atoms with E-state index in [9.17, 15) is 8.78 Å². The normalized spacial score (nSPS) is 10.0. The highest BCUT2D eigenvalue weighted by molar-refractivity contribution is 9.10. The monoisotopic (exact) mass is 380 g/mol. The van der Waals surface area contributed by atoms with Crippen molar-refractivity contribution in [2.45, 2.75) is 6.54 Å². The van der Waals surface area contributed by atoms with E-state index < -0.39 is 11.6 Å². The van der Waals surface area contributed by atoms with Gasteiger partial charge in [0.1, 0.15) is 17.5 Å². The third kappa shape index (κ3) is 4.79. The summed E-state index contributed by atoms with van der Waals surface area (Å²) >= 11 is 2.89. The van der Waals surface area contributed by atoms with Crippen LogP contribution >= 0.6 is 15.9 Å². The van der Waals surface area contributed by atoms with Crippen molar-refractivity contribution in [2.75, 3.05) is 11.5 Å². The lowest BCUT2D eigenvalue weighted by Crippen LogP contribution is -2.05. The quantitative estimate of drug-likeness (QED) is 0.663. The van der Waals surface area contributed by atoms with E-state index in [0.29, 0.717) is 5.82 Å². The number of nitrogens with two attached hydrogens (primary N) is 2. The average Bonchev–Trinajstić information content (AvgIpc) is 2.92. The van der Waals surface area contributed by atoms with Gasteiger partial charge in [0.05, 0.1) is 18.4 Å². The fourth-order valence-corrected chi connectivity index (χ4v) is 2.19. The standard InChI is InChI=1S/C10H11N3.C6H4BrF2N/c11-10-6-7-12-13(10)8-9-4-2-1-3-5-9;7-4-1-3(8)2-5(9)6(4)10/h1-7H,8,11H2;1-2H,10H2. The largest absolute Gasteiger partial charge is 0.395 e. The molecule has 0 bridgehead atoms. The first-order valence-corrected chi connectivity index (χ1v) is 7.48. The van der Waals surface area contributed by atoms with Crippen LogP contribution in [0.3, 0.4) is 0 Å². The Balaban J connectivity index is 0.000000174. The first-order chi connectivity index (χ1) is 11.0. The van der Waals surface area contributed by atoms with Gasteiger partial charge in [-0.2, -0.15) is 5.10 Å². The van der Waals surface area contributed by atoms with Crippen LogP contribution in [0.25, 0.3) is 0 Å². The second-order valence-electron chi connectivity index (χ2n) is 4.68. The number of aromatic nitrogens is 2. The highest BCUT2D eigenvalue weighted by Gasteiger charge is 2.04. The average molecular weight is 381 g/mol. The van der Waals surface area contributed by atoms with Gasteiger partial charge >= 0.3 is 0 Å². The molecule has 0 aliphatic heterocycles. The molecule has 4 N–H and O–H groups in total. The van der Waals surface area contributed by atoms with Gasteiger partial charge in [-0.1, -0.05) is 30.3 Å². The van der Waals surface area contributed by atoms with Gasteiger partial charge in [-0.05, 0) is 33.6 Å². The zero-order valence-corrected chi connectivity index (χ0v) is 13.7. The Morgan fingerprint density at radius 3 is 2.30 bits per heavy atom. The summed E-state index contributed by atoms with van der Waals surface area (Å²) in [6.07, 6.45) is 1.71. The second-order valence-corrected chi connectivity index (χ2v) is 5.54. The maximum Gasteiger partial charge on any atom is 0.150 e. The number of hydrogen-bond acceptors (Lipinski definition) is 3. The molecular weight excluding hydrogens is 366 g/mol. The van der Waals surface area contributed by atoms with Crippen LogP contribution in [0.2, 0.25) is 0 Å². The molecule has 0 amide bonds. The molecule has 0 fully saturated rings. The predicted octanol–water partition coefficient (Wildman–Crippen LogP) is 3.82. The van der Waals surface area contributed by atoms with E-state index in [2.05, 4.69) is 33.2 Å². The van der Waals surface area contributed by atoms with Crippen LogP contribution in [-0.2, 0) is 6.54 Å². The summed E-state index contributed by atoms with van der Waals surface area (Å²) in [7, 11) is 0. The van der Waals surface area contributed by atoms with E-state index in [0.717, 1.165) is 18.7 Å². The molecule has 1 aromatic heterocycles. The molecule has 1 heterocycles. The number of anilines is 2. The summed E-state index contributed by atoms with van der Waals surface area (Å²) in [5, 5.41) is 4.10. The summed E-state index contributed by atoms with van der Waals surface area (Å²) in [6, 6.07) is 13.8. The lowest BCUT2D eigenvalue weighted by molar-refractivity contribution is 0.585. The third-order valence-corrected chi connectivity index (χ3v) is 3.62. The van der Waals surface area contributed by atoms with Crippen molar-refractivity contribution in [3.8, 4) is 0 Å². The molecule has 0 aliphatic carbocycles. The molecule has 0 aliphatic rings. The van der Waals surface area contributed by atoms with E-state index >= 15 is 0 Å². The fourth-order valence-electron chi connectivity index (χ4n) is 1.78. The van der Waals surface area contributed by atoms with E-state index in [4.69, 9.17) is 11.5 Å². The minimum absolute atomic E-state index is 0.0681. The Morgan fingerprint density at radius 2 is 1.74 bits per heavy atom. The van der Waals surface area contributed by atoms with Crippen molar-refractivity contribution in [1.29, 1.82) is 0 Å². The van der Waals surface area contributed by atoms with Crippen LogP contribution in [0.15, 0.2) is 59.2 Å². The highest BCUT2D eigenvalue weighted by Crippen LogP contribution is 2.23. The number of benzene rings is 2. The first kappa shape index (κ1) is 17.0. The van der Waals surface area contributed by atoms with E-state index in [1.165, 1.54) is 5.56 Å². The number of rotatable bonds is 2. The Hall–Kier alpha value is -2.41. The molecule has 0 unspecified atom stereocenters.